The zero-order valence-electron chi connectivity index (χ0n) is 18.0. The van der Waals surface area contributed by atoms with Gasteiger partial charge in [-0.1, -0.05) is 18.2 Å². The van der Waals surface area contributed by atoms with Gasteiger partial charge in [-0.3, -0.25) is 4.79 Å². The summed E-state index contributed by atoms with van der Waals surface area (Å²) in [5, 5.41) is 9.95. The van der Waals surface area contributed by atoms with E-state index < -0.39 is 0 Å². The van der Waals surface area contributed by atoms with E-state index >= 15 is 0 Å². The van der Waals surface area contributed by atoms with Crippen LogP contribution in [-0.4, -0.2) is 55.5 Å². The molecule has 0 aliphatic rings. The van der Waals surface area contributed by atoms with Gasteiger partial charge < -0.3 is 20.9 Å². The standard InChI is InChI=1S/C22H32N6O.HI/c1-4-23-22(26-16-8-7-15-25-20-9-5-6-14-24-20)27-17-18-10-12-19(13-11-18)21(29)28(2)3;/h5-6,9-14H,4,7-8,15-17H2,1-3H3,(H,24,25)(H2,23,26,27);1H. The zero-order valence-corrected chi connectivity index (χ0v) is 20.3. The number of pyridine rings is 1. The number of rotatable bonds is 10. The SMILES string of the molecule is CCNC(=NCc1ccc(C(=O)N(C)C)cc1)NCCCCNc1ccccn1.I. The molecule has 2 aromatic rings. The Morgan fingerprint density at radius 1 is 1.03 bits per heavy atom. The Morgan fingerprint density at radius 2 is 1.77 bits per heavy atom. The van der Waals surface area contributed by atoms with Crippen LogP contribution >= 0.6 is 24.0 Å². The van der Waals surface area contributed by atoms with Gasteiger partial charge in [0.05, 0.1) is 6.54 Å². The summed E-state index contributed by atoms with van der Waals surface area (Å²) >= 11 is 0. The van der Waals surface area contributed by atoms with E-state index in [9.17, 15) is 4.79 Å². The minimum atomic E-state index is 0. The largest absolute Gasteiger partial charge is 0.370 e. The first-order chi connectivity index (χ1) is 14.1. The molecule has 0 atom stereocenters. The summed E-state index contributed by atoms with van der Waals surface area (Å²) in [6, 6.07) is 13.5. The number of carbonyl (C=O) groups is 1. The molecular weight excluding hydrogens is 491 g/mol. The average molecular weight is 524 g/mol. The summed E-state index contributed by atoms with van der Waals surface area (Å²) in [6.07, 6.45) is 3.87. The van der Waals surface area contributed by atoms with Gasteiger partial charge in [-0.05, 0) is 49.6 Å². The van der Waals surface area contributed by atoms with Crippen molar-refractivity contribution in [3.8, 4) is 0 Å². The second-order valence-electron chi connectivity index (χ2n) is 6.87. The molecule has 0 radical (unpaired) electrons. The maximum atomic E-state index is 12.0. The Labute approximate surface area is 196 Å². The van der Waals surface area contributed by atoms with Gasteiger partial charge in [0.15, 0.2) is 5.96 Å². The molecule has 0 aliphatic carbocycles. The van der Waals surface area contributed by atoms with Gasteiger partial charge in [0, 0.05) is 45.5 Å². The van der Waals surface area contributed by atoms with Crippen LogP contribution in [0, 0.1) is 0 Å². The molecule has 8 heteroatoms. The molecule has 30 heavy (non-hydrogen) atoms. The fraction of sp³-hybridized carbons (Fsp3) is 0.409. The summed E-state index contributed by atoms with van der Waals surface area (Å²) in [5.41, 5.74) is 1.75. The van der Waals surface area contributed by atoms with E-state index in [0.717, 1.165) is 49.8 Å². The third-order valence-electron chi connectivity index (χ3n) is 4.24. The van der Waals surface area contributed by atoms with E-state index in [1.165, 1.54) is 0 Å². The molecule has 1 aromatic carbocycles. The molecule has 0 saturated heterocycles. The van der Waals surface area contributed by atoms with Gasteiger partial charge >= 0.3 is 0 Å². The number of nitrogens with one attached hydrogen (secondary N) is 3. The first-order valence-corrected chi connectivity index (χ1v) is 10.1. The normalized spacial score (nSPS) is 10.7. The van der Waals surface area contributed by atoms with Crippen molar-refractivity contribution in [1.29, 1.82) is 0 Å². The lowest BCUT2D eigenvalue weighted by Crippen LogP contribution is -2.37. The molecule has 0 aliphatic heterocycles. The first-order valence-electron chi connectivity index (χ1n) is 10.1. The van der Waals surface area contributed by atoms with Gasteiger partial charge in [0.1, 0.15) is 5.82 Å². The van der Waals surface area contributed by atoms with E-state index in [1.807, 2.05) is 42.5 Å². The lowest BCUT2D eigenvalue weighted by Gasteiger charge is -2.12. The number of hydrogen-bond acceptors (Lipinski definition) is 4. The topological polar surface area (TPSA) is 81.7 Å². The van der Waals surface area contributed by atoms with E-state index in [2.05, 4.69) is 32.9 Å². The smallest absolute Gasteiger partial charge is 0.253 e. The third kappa shape index (κ3) is 9.43. The fourth-order valence-corrected chi connectivity index (χ4v) is 2.66. The minimum Gasteiger partial charge on any atom is -0.370 e. The molecule has 0 unspecified atom stereocenters. The molecular formula is C22H33IN6O. The van der Waals surface area contributed by atoms with Crippen LogP contribution in [0.1, 0.15) is 35.7 Å². The van der Waals surface area contributed by atoms with Gasteiger partial charge in [-0.25, -0.2) is 9.98 Å². The highest BCUT2D eigenvalue weighted by Crippen LogP contribution is 2.07. The monoisotopic (exact) mass is 524 g/mol. The summed E-state index contributed by atoms with van der Waals surface area (Å²) in [7, 11) is 3.51. The predicted molar refractivity (Wildman–Crippen MR) is 135 cm³/mol. The van der Waals surface area contributed by atoms with Crippen LogP contribution in [0.25, 0.3) is 0 Å². The summed E-state index contributed by atoms with van der Waals surface area (Å²) in [5.74, 6) is 1.72. The number of halogens is 1. The van der Waals surface area contributed by atoms with Crippen molar-refractivity contribution in [2.45, 2.75) is 26.3 Å². The van der Waals surface area contributed by atoms with E-state index in [4.69, 9.17) is 0 Å². The van der Waals surface area contributed by atoms with E-state index in [0.29, 0.717) is 12.1 Å². The summed E-state index contributed by atoms with van der Waals surface area (Å²) in [4.78, 5) is 22.4. The van der Waals surface area contributed by atoms with Crippen molar-refractivity contribution >= 4 is 41.7 Å². The van der Waals surface area contributed by atoms with Crippen LogP contribution in [0.2, 0.25) is 0 Å². The van der Waals surface area contributed by atoms with Gasteiger partial charge in [0.2, 0.25) is 0 Å². The maximum Gasteiger partial charge on any atom is 0.253 e. The second-order valence-corrected chi connectivity index (χ2v) is 6.87. The number of unbranched alkanes of at least 4 members (excludes halogenated alkanes) is 1. The molecule has 1 heterocycles. The molecule has 1 amide bonds. The number of amides is 1. The maximum absolute atomic E-state index is 12.0. The Kier molecular flexibility index (Phi) is 12.5. The number of aromatic nitrogens is 1. The van der Waals surface area contributed by atoms with Crippen molar-refractivity contribution in [1.82, 2.24) is 20.5 Å². The number of hydrogen-bond donors (Lipinski definition) is 3. The highest BCUT2D eigenvalue weighted by Gasteiger charge is 2.07. The summed E-state index contributed by atoms with van der Waals surface area (Å²) in [6.45, 7) is 5.17. The third-order valence-corrected chi connectivity index (χ3v) is 4.24. The highest BCUT2D eigenvalue weighted by molar-refractivity contribution is 14.0. The Bertz CT molecular complexity index is 765. The van der Waals surface area contributed by atoms with Gasteiger partial charge in [-0.2, -0.15) is 0 Å². The van der Waals surface area contributed by atoms with Crippen LogP contribution in [0.3, 0.4) is 0 Å². The highest BCUT2D eigenvalue weighted by atomic mass is 127. The van der Waals surface area contributed by atoms with Crippen LogP contribution in [0.5, 0.6) is 0 Å². The van der Waals surface area contributed by atoms with Crippen molar-refractivity contribution < 1.29 is 4.79 Å². The van der Waals surface area contributed by atoms with Crippen molar-refractivity contribution in [2.75, 3.05) is 39.0 Å². The van der Waals surface area contributed by atoms with Crippen LogP contribution in [0.15, 0.2) is 53.7 Å². The number of nitrogens with zero attached hydrogens (tertiary/aromatic N) is 3. The first kappa shape index (κ1) is 25.7. The molecule has 3 N–H and O–H groups in total. The molecule has 7 nitrogen and oxygen atoms in total. The zero-order chi connectivity index (χ0) is 20.9. The molecule has 0 saturated carbocycles. The number of anilines is 1. The molecule has 0 bridgehead atoms. The number of benzene rings is 1. The van der Waals surface area contributed by atoms with E-state index in [1.54, 1.807) is 25.2 Å². The van der Waals surface area contributed by atoms with Crippen molar-refractivity contribution in [3.63, 3.8) is 0 Å². The van der Waals surface area contributed by atoms with Crippen LogP contribution < -0.4 is 16.0 Å². The quantitative estimate of drug-likeness (QED) is 0.192. The number of guanidine groups is 1. The second kappa shape index (κ2) is 14.6. The van der Waals surface area contributed by atoms with Crippen LogP contribution in [0.4, 0.5) is 5.82 Å². The van der Waals surface area contributed by atoms with E-state index in [-0.39, 0.29) is 29.9 Å². The van der Waals surface area contributed by atoms with Crippen molar-refractivity contribution in [2.24, 2.45) is 4.99 Å². The number of carbonyl (C=O) groups excluding carboxylic acids is 1. The number of aliphatic imine (C=N–C) groups is 1. The molecule has 1 aromatic heterocycles. The van der Waals surface area contributed by atoms with Gasteiger partial charge in [0.25, 0.3) is 5.91 Å². The summed E-state index contributed by atoms with van der Waals surface area (Å²) < 4.78 is 0. The lowest BCUT2D eigenvalue weighted by molar-refractivity contribution is 0.0827. The molecule has 0 spiro atoms. The lowest BCUT2D eigenvalue weighted by atomic mass is 10.1. The molecule has 164 valence electrons. The average Bonchev–Trinajstić information content (AvgIpc) is 2.74. The Hall–Kier alpha value is -2.36. The van der Waals surface area contributed by atoms with Crippen molar-refractivity contribution in [3.05, 3.63) is 59.8 Å². The van der Waals surface area contributed by atoms with Gasteiger partial charge in [-0.15, -0.1) is 24.0 Å². The molecule has 0 fully saturated rings. The predicted octanol–water partition coefficient (Wildman–Crippen LogP) is 3.35. The molecule has 2 rings (SSSR count). The Balaban J connectivity index is 0.00000450. The van der Waals surface area contributed by atoms with Crippen LogP contribution in [-0.2, 0) is 6.54 Å². The Morgan fingerprint density at radius 3 is 2.40 bits per heavy atom. The minimum absolute atomic E-state index is 0. The fourth-order valence-electron chi connectivity index (χ4n) is 2.66.